The zero-order valence-electron chi connectivity index (χ0n) is 11.1. The molecule has 110 valence electrons. The quantitative estimate of drug-likeness (QED) is 0.822. The molecule has 0 fully saturated rings. The summed E-state index contributed by atoms with van der Waals surface area (Å²) in [7, 11) is 0. The van der Waals surface area contributed by atoms with E-state index in [2.05, 4.69) is 21.2 Å². The molecule has 0 aliphatic rings. The normalized spacial score (nSPS) is 11.9. The number of thiophene rings is 1. The summed E-state index contributed by atoms with van der Waals surface area (Å²) in [5.41, 5.74) is 1.52. The van der Waals surface area contributed by atoms with Crippen molar-refractivity contribution in [2.24, 2.45) is 0 Å². The van der Waals surface area contributed by atoms with Crippen molar-refractivity contribution >= 4 is 39.1 Å². The maximum atomic E-state index is 12.0. The molecular weight excluding hydrogens is 354 g/mol. The molecule has 1 unspecified atom stereocenters. The molecule has 0 aliphatic carbocycles. The standard InChI is InChI=1S/C15H14BrNO3S/c16-13-8-11(9-21-13)14(18)17-12(15(19)20)7-6-10-4-2-1-3-5-10/h1-5,8-9,12H,6-7H2,(H,17,18)(H,19,20). The number of aryl methyl sites for hydroxylation is 1. The molecule has 0 aliphatic heterocycles. The summed E-state index contributed by atoms with van der Waals surface area (Å²) in [4.78, 5) is 23.3. The molecule has 6 heteroatoms. The smallest absolute Gasteiger partial charge is 0.326 e. The number of amides is 1. The summed E-state index contributed by atoms with van der Waals surface area (Å²) in [6, 6.07) is 10.4. The molecule has 4 nitrogen and oxygen atoms in total. The van der Waals surface area contributed by atoms with Gasteiger partial charge in [0, 0.05) is 5.38 Å². The van der Waals surface area contributed by atoms with Crippen LogP contribution in [0.2, 0.25) is 0 Å². The van der Waals surface area contributed by atoms with Gasteiger partial charge in [0.15, 0.2) is 0 Å². The van der Waals surface area contributed by atoms with Gasteiger partial charge in [-0.1, -0.05) is 30.3 Å². The summed E-state index contributed by atoms with van der Waals surface area (Å²) >= 11 is 4.67. The van der Waals surface area contributed by atoms with Crippen LogP contribution >= 0.6 is 27.3 Å². The maximum absolute atomic E-state index is 12.0. The van der Waals surface area contributed by atoms with Gasteiger partial charge in [0.25, 0.3) is 5.91 Å². The first-order valence-electron chi connectivity index (χ1n) is 6.38. The zero-order chi connectivity index (χ0) is 15.2. The predicted octanol–water partition coefficient (Wildman–Crippen LogP) is 3.33. The van der Waals surface area contributed by atoms with Gasteiger partial charge in [0.05, 0.1) is 9.35 Å². The number of hydrogen-bond acceptors (Lipinski definition) is 3. The lowest BCUT2D eigenvalue weighted by atomic mass is 10.1. The predicted molar refractivity (Wildman–Crippen MR) is 85.7 cm³/mol. The number of carbonyl (C=O) groups is 2. The molecule has 0 spiro atoms. The Kier molecular flexibility index (Phi) is 5.52. The van der Waals surface area contributed by atoms with Crippen LogP contribution in [-0.2, 0) is 11.2 Å². The average molecular weight is 368 g/mol. The third kappa shape index (κ3) is 4.68. The van der Waals surface area contributed by atoms with Crippen molar-refractivity contribution in [3.8, 4) is 0 Å². The molecule has 2 N–H and O–H groups in total. The van der Waals surface area contributed by atoms with Crippen molar-refractivity contribution < 1.29 is 14.7 Å². The van der Waals surface area contributed by atoms with E-state index >= 15 is 0 Å². The van der Waals surface area contributed by atoms with E-state index in [9.17, 15) is 14.7 Å². The molecule has 21 heavy (non-hydrogen) atoms. The molecule has 1 atom stereocenters. The highest BCUT2D eigenvalue weighted by Gasteiger charge is 2.21. The number of aliphatic carboxylic acids is 1. The van der Waals surface area contributed by atoms with E-state index in [1.165, 1.54) is 11.3 Å². The summed E-state index contributed by atoms with van der Waals surface area (Å²) in [6.07, 6.45) is 0.960. The van der Waals surface area contributed by atoms with E-state index in [0.717, 1.165) is 9.35 Å². The van der Waals surface area contributed by atoms with E-state index < -0.39 is 12.0 Å². The molecule has 0 bridgehead atoms. The molecule has 1 amide bonds. The van der Waals surface area contributed by atoms with Gasteiger partial charge in [-0.25, -0.2) is 4.79 Å². The number of carbonyl (C=O) groups excluding carboxylic acids is 1. The highest BCUT2D eigenvalue weighted by atomic mass is 79.9. The van der Waals surface area contributed by atoms with Gasteiger partial charge < -0.3 is 10.4 Å². The Morgan fingerprint density at radius 1 is 1.29 bits per heavy atom. The van der Waals surface area contributed by atoms with Crippen LogP contribution in [0.3, 0.4) is 0 Å². The van der Waals surface area contributed by atoms with Crippen molar-refractivity contribution in [1.29, 1.82) is 0 Å². The largest absolute Gasteiger partial charge is 0.480 e. The Hall–Kier alpha value is -1.66. The second kappa shape index (κ2) is 7.38. The Bertz CT molecular complexity index is 627. The number of hydrogen-bond donors (Lipinski definition) is 2. The van der Waals surface area contributed by atoms with Gasteiger partial charge in [0.2, 0.25) is 0 Å². The Labute approximate surface area is 134 Å². The lowest BCUT2D eigenvalue weighted by Crippen LogP contribution is -2.41. The van der Waals surface area contributed by atoms with Crippen LogP contribution in [-0.4, -0.2) is 23.0 Å². The fourth-order valence-electron chi connectivity index (χ4n) is 1.88. The van der Waals surface area contributed by atoms with Crippen LogP contribution in [0.1, 0.15) is 22.3 Å². The molecule has 0 saturated carbocycles. The molecule has 1 heterocycles. The van der Waals surface area contributed by atoms with Gasteiger partial charge in [0.1, 0.15) is 6.04 Å². The second-order valence-electron chi connectivity index (χ2n) is 4.53. The van der Waals surface area contributed by atoms with Gasteiger partial charge in [-0.3, -0.25) is 4.79 Å². The van der Waals surface area contributed by atoms with Crippen LogP contribution < -0.4 is 5.32 Å². The molecular formula is C15H14BrNO3S. The van der Waals surface area contributed by atoms with Crippen LogP contribution in [0.25, 0.3) is 0 Å². The number of carboxylic acids is 1. The highest BCUT2D eigenvalue weighted by molar-refractivity contribution is 9.11. The minimum Gasteiger partial charge on any atom is -0.480 e. The van der Waals surface area contributed by atoms with Crippen LogP contribution in [0, 0.1) is 0 Å². The number of halogens is 1. The third-order valence-corrected chi connectivity index (χ3v) is 4.50. The van der Waals surface area contributed by atoms with Gasteiger partial charge in [-0.15, -0.1) is 11.3 Å². The summed E-state index contributed by atoms with van der Waals surface area (Å²) in [6.45, 7) is 0. The SMILES string of the molecule is O=C(NC(CCc1ccccc1)C(=O)O)c1csc(Br)c1. The minimum absolute atomic E-state index is 0.358. The van der Waals surface area contributed by atoms with E-state index in [1.54, 1.807) is 11.4 Å². The minimum atomic E-state index is -1.02. The fourth-order valence-corrected chi connectivity index (χ4v) is 3.02. The fraction of sp³-hybridized carbons (Fsp3) is 0.200. The molecule has 0 radical (unpaired) electrons. The molecule has 1 aromatic carbocycles. The van der Waals surface area contributed by atoms with Crippen molar-refractivity contribution in [2.75, 3.05) is 0 Å². The monoisotopic (exact) mass is 367 g/mol. The van der Waals surface area contributed by atoms with Crippen molar-refractivity contribution in [2.45, 2.75) is 18.9 Å². The molecule has 1 aromatic heterocycles. The lowest BCUT2D eigenvalue weighted by molar-refractivity contribution is -0.139. The Morgan fingerprint density at radius 3 is 2.57 bits per heavy atom. The van der Waals surface area contributed by atoms with E-state index in [0.29, 0.717) is 18.4 Å². The number of rotatable bonds is 6. The van der Waals surface area contributed by atoms with Crippen molar-refractivity contribution in [3.05, 3.63) is 56.7 Å². The van der Waals surface area contributed by atoms with E-state index in [-0.39, 0.29) is 5.91 Å². The maximum Gasteiger partial charge on any atom is 0.326 e. The average Bonchev–Trinajstić information content (AvgIpc) is 2.90. The van der Waals surface area contributed by atoms with Crippen LogP contribution in [0.5, 0.6) is 0 Å². The first-order valence-corrected chi connectivity index (χ1v) is 8.05. The Morgan fingerprint density at radius 2 is 2.00 bits per heavy atom. The summed E-state index contributed by atoms with van der Waals surface area (Å²) in [5, 5.41) is 13.5. The number of benzene rings is 1. The van der Waals surface area contributed by atoms with Gasteiger partial charge in [-0.05, 0) is 40.4 Å². The van der Waals surface area contributed by atoms with Crippen molar-refractivity contribution in [1.82, 2.24) is 5.32 Å². The zero-order valence-corrected chi connectivity index (χ0v) is 13.5. The Balaban J connectivity index is 1.96. The number of nitrogens with one attached hydrogen (secondary N) is 1. The van der Waals surface area contributed by atoms with Crippen molar-refractivity contribution in [3.63, 3.8) is 0 Å². The lowest BCUT2D eigenvalue weighted by Gasteiger charge is -2.14. The van der Waals surface area contributed by atoms with E-state index in [1.807, 2.05) is 30.3 Å². The molecule has 2 aromatic rings. The highest BCUT2D eigenvalue weighted by Crippen LogP contribution is 2.20. The first-order chi connectivity index (χ1) is 10.1. The van der Waals surface area contributed by atoms with Gasteiger partial charge in [-0.2, -0.15) is 0 Å². The molecule has 2 rings (SSSR count). The molecule has 0 saturated heterocycles. The second-order valence-corrected chi connectivity index (χ2v) is 6.82. The van der Waals surface area contributed by atoms with Crippen LogP contribution in [0.15, 0.2) is 45.6 Å². The third-order valence-electron chi connectivity index (χ3n) is 3.00. The van der Waals surface area contributed by atoms with Gasteiger partial charge >= 0.3 is 5.97 Å². The summed E-state index contributed by atoms with van der Waals surface area (Å²) < 4.78 is 0.837. The summed E-state index contributed by atoms with van der Waals surface area (Å²) in [5.74, 6) is -1.38. The first kappa shape index (κ1) is 15.7. The number of carboxylic acid groups (broad SMARTS) is 1. The topological polar surface area (TPSA) is 66.4 Å². The van der Waals surface area contributed by atoms with E-state index in [4.69, 9.17) is 0 Å². The van der Waals surface area contributed by atoms with Crippen LogP contribution in [0.4, 0.5) is 0 Å².